The van der Waals surface area contributed by atoms with Crippen molar-refractivity contribution in [3.8, 4) is 0 Å². The second kappa shape index (κ2) is 3.01. The first-order chi connectivity index (χ1) is 4.68. The minimum atomic E-state index is -0.765. The first-order valence-electron chi connectivity index (χ1n) is 3.55. The predicted octanol–water partition coefficient (Wildman–Crippen LogP) is 1.03. The molecule has 0 saturated carbocycles. The Labute approximate surface area is 60.0 Å². The van der Waals surface area contributed by atoms with E-state index in [0.29, 0.717) is 0 Å². The van der Waals surface area contributed by atoms with Gasteiger partial charge in [0.05, 0.1) is 18.6 Å². The number of carboxylic acid groups (broad SMARTS) is 1. The molecule has 1 N–H and O–H groups in total. The van der Waals surface area contributed by atoms with E-state index < -0.39 is 5.97 Å². The lowest BCUT2D eigenvalue weighted by atomic mass is 10.1. The number of hydrogen-bond acceptors (Lipinski definition) is 2. The minimum absolute atomic E-state index is 0.0347. The summed E-state index contributed by atoms with van der Waals surface area (Å²) in [6, 6.07) is 0. The molecule has 1 heterocycles. The van der Waals surface area contributed by atoms with Gasteiger partial charge in [0.15, 0.2) is 0 Å². The molecule has 0 bridgehead atoms. The molecule has 1 fully saturated rings. The molecule has 3 nitrogen and oxygen atoms in total. The van der Waals surface area contributed by atoms with Gasteiger partial charge in [0.25, 0.3) is 0 Å². The number of carbonyl (C=O) groups is 1. The third-order valence-electron chi connectivity index (χ3n) is 1.72. The third-order valence-corrected chi connectivity index (χ3v) is 1.72. The van der Waals surface area contributed by atoms with Gasteiger partial charge in [-0.3, -0.25) is 4.79 Å². The molecule has 0 spiro atoms. The van der Waals surface area contributed by atoms with Crippen molar-refractivity contribution in [1.29, 1.82) is 0 Å². The first kappa shape index (κ1) is 7.54. The standard InChI is InChI=1S/C7H12O3/c1-5-2-3-6(10-5)4-7(8)9/h5-6H,2-4H2,1H3,(H,8,9)/t5-,6-/m0/s1. The predicted molar refractivity (Wildman–Crippen MR) is 35.8 cm³/mol. The molecule has 10 heavy (non-hydrogen) atoms. The van der Waals surface area contributed by atoms with Gasteiger partial charge < -0.3 is 9.84 Å². The zero-order valence-electron chi connectivity index (χ0n) is 6.04. The number of rotatable bonds is 2. The molecule has 1 aliphatic rings. The van der Waals surface area contributed by atoms with Gasteiger partial charge >= 0.3 is 5.97 Å². The molecule has 58 valence electrons. The van der Waals surface area contributed by atoms with Gasteiger partial charge in [-0.1, -0.05) is 0 Å². The monoisotopic (exact) mass is 144 g/mol. The highest BCUT2D eigenvalue weighted by molar-refractivity contribution is 5.67. The Hall–Kier alpha value is -0.570. The van der Waals surface area contributed by atoms with Crippen molar-refractivity contribution in [2.45, 2.75) is 38.4 Å². The lowest BCUT2D eigenvalue weighted by Gasteiger charge is -2.06. The van der Waals surface area contributed by atoms with Gasteiger partial charge in [-0.25, -0.2) is 0 Å². The van der Waals surface area contributed by atoms with Crippen LogP contribution in [0.15, 0.2) is 0 Å². The molecule has 2 atom stereocenters. The van der Waals surface area contributed by atoms with Crippen LogP contribution in [0.2, 0.25) is 0 Å². The molecular formula is C7H12O3. The highest BCUT2D eigenvalue weighted by Crippen LogP contribution is 2.20. The van der Waals surface area contributed by atoms with Crippen molar-refractivity contribution in [3.05, 3.63) is 0 Å². The molecule has 1 rings (SSSR count). The Morgan fingerprint density at radius 1 is 1.70 bits per heavy atom. The summed E-state index contributed by atoms with van der Waals surface area (Å²) in [4.78, 5) is 10.2. The Kier molecular flexibility index (Phi) is 2.27. The third kappa shape index (κ3) is 1.99. The molecule has 1 aliphatic heterocycles. The van der Waals surface area contributed by atoms with Crippen LogP contribution < -0.4 is 0 Å². The van der Waals surface area contributed by atoms with Crippen molar-refractivity contribution < 1.29 is 14.6 Å². The molecule has 0 aromatic carbocycles. The summed E-state index contributed by atoms with van der Waals surface area (Å²) in [5.74, 6) is -0.765. The van der Waals surface area contributed by atoms with Crippen LogP contribution in [0.25, 0.3) is 0 Å². The van der Waals surface area contributed by atoms with Gasteiger partial charge in [0, 0.05) is 0 Å². The maximum Gasteiger partial charge on any atom is 0.305 e. The zero-order chi connectivity index (χ0) is 7.56. The lowest BCUT2D eigenvalue weighted by Crippen LogP contribution is -2.13. The van der Waals surface area contributed by atoms with Crippen molar-refractivity contribution >= 4 is 5.97 Å². The largest absolute Gasteiger partial charge is 0.481 e. The molecular weight excluding hydrogens is 132 g/mol. The van der Waals surface area contributed by atoms with Gasteiger partial charge in [0.1, 0.15) is 0 Å². The van der Waals surface area contributed by atoms with Crippen molar-refractivity contribution in [3.63, 3.8) is 0 Å². The second-order valence-corrected chi connectivity index (χ2v) is 2.74. The van der Waals surface area contributed by atoms with E-state index in [1.165, 1.54) is 0 Å². The van der Waals surface area contributed by atoms with E-state index in [9.17, 15) is 4.79 Å². The molecule has 0 aromatic rings. The summed E-state index contributed by atoms with van der Waals surface area (Å²) < 4.78 is 5.29. The van der Waals surface area contributed by atoms with Gasteiger partial charge in [-0.15, -0.1) is 0 Å². The van der Waals surface area contributed by atoms with E-state index in [1.807, 2.05) is 6.92 Å². The fourth-order valence-corrected chi connectivity index (χ4v) is 1.23. The Balaban J connectivity index is 2.24. The van der Waals surface area contributed by atoms with E-state index in [0.717, 1.165) is 12.8 Å². The Morgan fingerprint density at radius 3 is 2.80 bits per heavy atom. The quantitative estimate of drug-likeness (QED) is 0.629. The molecule has 1 saturated heterocycles. The van der Waals surface area contributed by atoms with E-state index in [4.69, 9.17) is 9.84 Å². The average molecular weight is 144 g/mol. The van der Waals surface area contributed by atoms with E-state index >= 15 is 0 Å². The summed E-state index contributed by atoms with van der Waals surface area (Å²) in [7, 11) is 0. The average Bonchev–Trinajstić information content (AvgIpc) is 2.13. The molecule has 0 radical (unpaired) electrons. The number of carboxylic acids is 1. The van der Waals surface area contributed by atoms with Crippen molar-refractivity contribution in [2.24, 2.45) is 0 Å². The number of ether oxygens (including phenoxy) is 1. The van der Waals surface area contributed by atoms with Crippen LogP contribution >= 0.6 is 0 Å². The van der Waals surface area contributed by atoms with Crippen LogP contribution in [-0.2, 0) is 9.53 Å². The molecule has 0 amide bonds. The maximum absolute atomic E-state index is 10.2. The summed E-state index contributed by atoms with van der Waals surface area (Å²) in [6.07, 6.45) is 2.27. The van der Waals surface area contributed by atoms with E-state index in [2.05, 4.69) is 0 Å². The topological polar surface area (TPSA) is 46.5 Å². The summed E-state index contributed by atoms with van der Waals surface area (Å²) in [5.41, 5.74) is 0. The van der Waals surface area contributed by atoms with Crippen LogP contribution in [0, 0.1) is 0 Å². The van der Waals surface area contributed by atoms with Crippen molar-refractivity contribution in [1.82, 2.24) is 0 Å². The Bertz CT molecular complexity index is 133. The molecule has 3 heteroatoms. The Morgan fingerprint density at radius 2 is 2.40 bits per heavy atom. The minimum Gasteiger partial charge on any atom is -0.481 e. The van der Waals surface area contributed by atoms with Crippen LogP contribution in [0.1, 0.15) is 26.2 Å². The van der Waals surface area contributed by atoms with Gasteiger partial charge in [-0.2, -0.15) is 0 Å². The summed E-state index contributed by atoms with van der Waals surface area (Å²) in [6.45, 7) is 1.97. The fraction of sp³-hybridized carbons (Fsp3) is 0.857. The van der Waals surface area contributed by atoms with Crippen LogP contribution in [-0.4, -0.2) is 23.3 Å². The van der Waals surface area contributed by atoms with Gasteiger partial charge in [0.2, 0.25) is 0 Å². The second-order valence-electron chi connectivity index (χ2n) is 2.74. The normalized spacial score (nSPS) is 32.5. The van der Waals surface area contributed by atoms with Crippen LogP contribution in [0.5, 0.6) is 0 Å². The van der Waals surface area contributed by atoms with Crippen LogP contribution in [0.4, 0.5) is 0 Å². The SMILES string of the molecule is C[C@H]1CC[C@@H](CC(=O)O)O1. The summed E-state index contributed by atoms with van der Waals surface area (Å²) >= 11 is 0. The number of hydrogen-bond donors (Lipinski definition) is 1. The fourth-order valence-electron chi connectivity index (χ4n) is 1.23. The smallest absolute Gasteiger partial charge is 0.305 e. The van der Waals surface area contributed by atoms with E-state index in [-0.39, 0.29) is 18.6 Å². The molecule has 0 unspecified atom stereocenters. The first-order valence-corrected chi connectivity index (χ1v) is 3.55. The highest BCUT2D eigenvalue weighted by atomic mass is 16.5. The van der Waals surface area contributed by atoms with Gasteiger partial charge in [-0.05, 0) is 19.8 Å². The van der Waals surface area contributed by atoms with Crippen molar-refractivity contribution in [2.75, 3.05) is 0 Å². The lowest BCUT2D eigenvalue weighted by molar-refractivity contribution is -0.139. The van der Waals surface area contributed by atoms with Crippen LogP contribution in [0.3, 0.4) is 0 Å². The molecule has 0 aliphatic carbocycles. The highest BCUT2D eigenvalue weighted by Gasteiger charge is 2.23. The zero-order valence-corrected chi connectivity index (χ0v) is 6.04. The maximum atomic E-state index is 10.2. The summed E-state index contributed by atoms with van der Waals surface area (Å²) in [5, 5.41) is 8.38. The van der Waals surface area contributed by atoms with E-state index in [1.54, 1.807) is 0 Å². The molecule has 0 aromatic heterocycles. The number of aliphatic carboxylic acids is 1.